The fourth-order valence-corrected chi connectivity index (χ4v) is 2.68. The molecule has 0 aliphatic heterocycles. The molecule has 0 saturated heterocycles. The van der Waals surface area contributed by atoms with Gasteiger partial charge in [-0.2, -0.15) is 0 Å². The SMILES string of the molecule is COC(=O)c1c(-c2ccccc2)oc2c1CCCC2. The number of rotatable bonds is 2. The summed E-state index contributed by atoms with van der Waals surface area (Å²) in [6.45, 7) is 0. The molecule has 3 nitrogen and oxygen atoms in total. The van der Waals surface area contributed by atoms with Gasteiger partial charge in [0, 0.05) is 17.5 Å². The van der Waals surface area contributed by atoms with E-state index in [1.54, 1.807) is 0 Å². The molecule has 0 atom stereocenters. The molecule has 0 radical (unpaired) electrons. The summed E-state index contributed by atoms with van der Waals surface area (Å²) in [7, 11) is 1.42. The molecule has 0 bridgehead atoms. The third kappa shape index (κ3) is 2.05. The number of hydrogen-bond acceptors (Lipinski definition) is 3. The minimum absolute atomic E-state index is 0.300. The standard InChI is InChI=1S/C16H16O3/c1-18-16(17)14-12-9-5-6-10-13(12)19-15(14)11-7-3-2-4-8-11/h2-4,7-8H,5-6,9-10H2,1H3. The lowest BCUT2D eigenvalue weighted by molar-refractivity contribution is 0.0600. The number of methoxy groups -OCH3 is 1. The van der Waals surface area contributed by atoms with E-state index in [1.165, 1.54) is 7.11 Å². The number of ether oxygens (including phenoxy) is 1. The second-order valence-electron chi connectivity index (χ2n) is 4.77. The second kappa shape index (κ2) is 4.92. The highest BCUT2D eigenvalue weighted by Crippen LogP contribution is 2.36. The summed E-state index contributed by atoms with van der Waals surface area (Å²) in [5.74, 6) is 1.30. The molecule has 98 valence electrons. The van der Waals surface area contributed by atoms with Gasteiger partial charge in [-0.15, -0.1) is 0 Å². The first-order chi connectivity index (χ1) is 9.31. The maximum Gasteiger partial charge on any atom is 0.342 e. The van der Waals surface area contributed by atoms with Crippen LogP contribution in [0.1, 0.15) is 34.5 Å². The van der Waals surface area contributed by atoms with Crippen molar-refractivity contribution in [3.63, 3.8) is 0 Å². The molecule has 3 heteroatoms. The van der Waals surface area contributed by atoms with Gasteiger partial charge in [0.25, 0.3) is 0 Å². The number of benzene rings is 1. The van der Waals surface area contributed by atoms with E-state index in [0.29, 0.717) is 11.3 Å². The molecule has 0 fully saturated rings. The topological polar surface area (TPSA) is 39.4 Å². The van der Waals surface area contributed by atoms with Crippen molar-refractivity contribution in [2.45, 2.75) is 25.7 Å². The number of hydrogen-bond donors (Lipinski definition) is 0. The van der Waals surface area contributed by atoms with Crippen molar-refractivity contribution < 1.29 is 13.9 Å². The number of esters is 1. The number of fused-ring (bicyclic) bond motifs is 1. The van der Waals surface area contributed by atoms with Crippen LogP contribution in [0.5, 0.6) is 0 Å². The van der Waals surface area contributed by atoms with E-state index in [4.69, 9.17) is 9.15 Å². The molecule has 0 unspecified atom stereocenters. The average Bonchev–Trinajstić information content (AvgIpc) is 2.87. The van der Waals surface area contributed by atoms with Gasteiger partial charge in [0.1, 0.15) is 17.1 Å². The fraction of sp³-hybridized carbons (Fsp3) is 0.312. The van der Waals surface area contributed by atoms with Gasteiger partial charge < -0.3 is 9.15 Å². The lowest BCUT2D eigenvalue weighted by Gasteiger charge is -2.09. The Hall–Kier alpha value is -2.03. The van der Waals surface area contributed by atoms with Crippen LogP contribution >= 0.6 is 0 Å². The zero-order valence-electron chi connectivity index (χ0n) is 10.9. The summed E-state index contributed by atoms with van der Waals surface area (Å²) < 4.78 is 10.9. The number of carbonyl (C=O) groups excluding carboxylic acids is 1. The number of carbonyl (C=O) groups is 1. The Morgan fingerprint density at radius 1 is 1.16 bits per heavy atom. The summed E-state index contributed by atoms with van der Waals surface area (Å²) in [6, 6.07) is 9.74. The Kier molecular flexibility index (Phi) is 3.11. The van der Waals surface area contributed by atoms with Crippen molar-refractivity contribution in [1.29, 1.82) is 0 Å². The predicted octanol–water partition coefficient (Wildman–Crippen LogP) is 3.61. The Bertz CT molecular complexity index is 596. The maximum absolute atomic E-state index is 12.1. The van der Waals surface area contributed by atoms with Crippen LogP contribution in [0.4, 0.5) is 0 Å². The summed E-state index contributed by atoms with van der Waals surface area (Å²) in [5.41, 5.74) is 2.58. The number of furan rings is 1. The van der Waals surface area contributed by atoms with Gasteiger partial charge in [0.05, 0.1) is 7.11 Å². The summed E-state index contributed by atoms with van der Waals surface area (Å²) >= 11 is 0. The van der Waals surface area contributed by atoms with Crippen LogP contribution in [0.3, 0.4) is 0 Å². The van der Waals surface area contributed by atoms with Crippen molar-refractivity contribution in [2.75, 3.05) is 7.11 Å². The molecule has 1 heterocycles. The zero-order chi connectivity index (χ0) is 13.2. The van der Waals surface area contributed by atoms with Crippen LogP contribution in [0.25, 0.3) is 11.3 Å². The summed E-state index contributed by atoms with van der Waals surface area (Å²) in [4.78, 5) is 12.1. The fourth-order valence-electron chi connectivity index (χ4n) is 2.68. The molecule has 1 aliphatic carbocycles. The number of aryl methyl sites for hydroxylation is 1. The molecule has 0 saturated carbocycles. The van der Waals surface area contributed by atoms with Gasteiger partial charge in [0.15, 0.2) is 0 Å². The smallest absolute Gasteiger partial charge is 0.342 e. The molecule has 19 heavy (non-hydrogen) atoms. The first-order valence-corrected chi connectivity index (χ1v) is 6.59. The minimum atomic E-state index is -0.300. The minimum Gasteiger partial charge on any atom is -0.465 e. The lowest BCUT2D eigenvalue weighted by Crippen LogP contribution is -2.08. The van der Waals surface area contributed by atoms with E-state index >= 15 is 0 Å². The summed E-state index contributed by atoms with van der Waals surface area (Å²) in [5, 5.41) is 0. The van der Waals surface area contributed by atoms with Gasteiger partial charge in [-0.3, -0.25) is 0 Å². The predicted molar refractivity (Wildman–Crippen MR) is 72.1 cm³/mol. The molecule has 1 aliphatic rings. The van der Waals surface area contributed by atoms with E-state index in [9.17, 15) is 4.79 Å². The second-order valence-corrected chi connectivity index (χ2v) is 4.77. The van der Waals surface area contributed by atoms with E-state index in [2.05, 4.69) is 0 Å². The molecule has 1 aromatic heterocycles. The van der Waals surface area contributed by atoms with Gasteiger partial charge in [-0.05, 0) is 19.3 Å². The van der Waals surface area contributed by atoms with E-state index < -0.39 is 0 Å². The monoisotopic (exact) mass is 256 g/mol. The molecular formula is C16H16O3. The van der Waals surface area contributed by atoms with Gasteiger partial charge in [0.2, 0.25) is 0 Å². The van der Waals surface area contributed by atoms with Crippen molar-refractivity contribution in [2.24, 2.45) is 0 Å². The summed E-state index contributed by atoms with van der Waals surface area (Å²) in [6.07, 6.45) is 4.03. The Morgan fingerprint density at radius 3 is 2.63 bits per heavy atom. The average molecular weight is 256 g/mol. The van der Waals surface area contributed by atoms with Crippen molar-refractivity contribution in [3.05, 3.63) is 47.2 Å². The largest absolute Gasteiger partial charge is 0.465 e. The van der Waals surface area contributed by atoms with Gasteiger partial charge >= 0.3 is 5.97 Å². The highest BCUT2D eigenvalue weighted by Gasteiger charge is 2.28. The van der Waals surface area contributed by atoms with Crippen LogP contribution in [0.15, 0.2) is 34.7 Å². The third-order valence-corrected chi connectivity index (χ3v) is 3.60. The quantitative estimate of drug-likeness (QED) is 0.770. The van der Waals surface area contributed by atoms with Crippen LogP contribution in [0.2, 0.25) is 0 Å². The van der Waals surface area contributed by atoms with Crippen LogP contribution in [-0.2, 0) is 17.6 Å². The highest BCUT2D eigenvalue weighted by molar-refractivity contribution is 5.97. The lowest BCUT2D eigenvalue weighted by atomic mass is 9.93. The van der Waals surface area contributed by atoms with Crippen LogP contribution in [-0.4, -0.2) is 13.1 Å². The molecule has 2 aromatic rings. The Balaban J connectivity index is 2.18. The van der Waals surface area contributed by atoms with E-state index in [0.717, 1.165) is 42.6 Å². The van der Waals surface area contributed by atoms with Gasteiger partial charge in [-0.25, -0.2) is 4.79 Å². The zero-order valence-corrected chi connectivity index (χ0v) is 10.9. The van der Waals surface area contributed by atoms with Gasteiger partial charge in [-0.1, -0.05) is 30.3 Å². The molecular weight excluding hydrogens is 240 g/mol. The van der Waals surface area contributed by atoms with Crippen molar-refractivity contribution >= 4 is 5.97 Å². The van der Waals surface area contributed by atoms with Crippen molar-refractivity contribution in [3.8, 4) is 11.3 Å². The maximum atomic E-state index is 12.1. The first kappa shape index (κ1) is 12.0. The Morgan fingerprint density at radius 2 is 1.89 bits per heavy atom. The third-order valence-electron chi connectivity index (χ3n) is 3.60. The first-order valence-electron chi connectivity index (χ1n) is 6.59. The molecule has 0 amide bonds. The van der Waals surface area contributed by atoms with E-state index in [1.807, 2.05) is 30.3 Å². The highest BCUT2D eigenvalue weighted by atomic mass is 16.5. The van der Waals surface area contributed by atoms with Crippen molar-refractivity contribution in [1.82, 2.24) is 0 Å². The molecule has 3 rings (SSSR count). The molecule has 0 spiro atoms. The molecule has 0 N–H and O–H groups in total. The Labute approximate surface area is 112 Å². The molecule has 1 aromatic carbocycles. The van der Waals surface area contributed by atoms with Crippen LogP contribution in [0, 0.1) is 0 Å². The normalized spacial score (nSPS) is 13.9. The van der Waals surface area contributed by atoms with Crippen LogP contribution < -0.4 is 0 Å². The van der Waals surface area contributed by atoms with E-state index in [-0.39, 0.29) is 5.97 Å².